The Kier molecular flexibility index (Phi) is 4.17. The van der Waals surface area contributed by atoms with Crippen LogP contribution in [0, 0.1) is 0 Å². The van der Waals surface area contributed by atoms with Gasteiger partial charge in [0.25, 0.3) is 5.22 Å². The summed E-state index contributed by atoms with van der Waals surface area (Å²) in [6.07, 6.45) is 5.05. The summed E-state index contributed by atoms with van der Waals surface area (Å²) in [7, 11) is 0. The molecule has 2 rings (SSSR count). The van der Waals surface area contributed by atoms with Crippen molar-refractivity contribution in [3.8, 4) is 0 Å². The molecule has 0 radical (unpaired) electrons. The third-order valence-electron chi connectivity index (χ3n) is 2.33. The Bertz CT molecular complexity index is 441. The van der Waals surface area contributed by atoms with Gasteiger partial charge in [0, 0.05) is 17.1 Å². The molecular formula is C12H15N3OS. The summed E-state index contributed by atoms with van der Waals surface area (Å²) >= 11 is 1.47. The van der Waals surface area contributed by atoms with Crippen molar-refractivity contribution in [2.75, 3.05) is 6.54 Å². The van der Waals surface area contributed by atoms with Crippen LogP contribution in [0.5, 0.6) is 0 Å². The summed E-state index contributed by atoms with van der Waals surface area (Å²) in [6.45, 7) is 5.13. The molecule has 2 aromatic rings. The zero-order chi connectivity index (χ0) is 12.1. The molecule has 0 aromatic carbocycles. The van der Waals surface area contributed by atoms with E-state index in [1.807, 2.05) is 18.3 Å². The maximum atomic E-state index is 5.17. The molecular weight excluding hydrogens is 234 g/mol. The van der Waals surface area contributed by atoms with Crippen LogP contribution in [0.2, 0.25) is 0 Å². The van der Waals surface area contributed by atoms with Gasteiger partial charge in [-0.15, -0.1) is 0 Å². The van der Waals surface area contributed by atoms with Gasteiger partial charge in [-0.1, -0.05) is 6.92 Å². The molecule has 0 aliphatic heterocycles. The lowest BCUT2D eigenvalue weighted by Gasteiger charge is -2.11. The van der Waals surface area contributed by atoms with Gasteiger partial charge < -0.3 is 9.73 Å². The van der Waals surface area contributed by atoms with E-state index >= 15 is 0 Å². The highest BCUT2D eigenvalue weighted by molar-refractivity contribution is 7.99. The van der Waals surface area contributed by atoms with Crippen molar-refractivity contribution in [3.63, 3.8) is 0 Å². The molecule has 0 saturated heterocycles. The van der Waals surface area contributed by atoms with Crippen molar-refractivity contribution < 1.29 is 4.42 Å². The van der Waals surface area contributed by atoms with E-state index < -0.39 is 0 Å². The fourth-order valence-electron chi connectivity index (χ4n) is 1.48. The Morgan fingerprint density at radius 3 is 2.88 bits per heavy atom. The van der Waals surface area contributed by atoms with E-state index in [2.05, 4.69) is 29.1 Å². The lowest BCUT2D eigenvalue weighted by atomic mass is 10.2. The van der Waals surface area contributed by atoms with Gasteiger partial charge in [-0.2, -0.15) is 0 Å². The van der Waals surface area contributed by atoms with Gasteiger partial charge in [0.05, 0.1) is 11.9 Å². The predicted octanol–water partition coefficient (Wildman–Crippen LogP) is 2.89. The number of nitrogens with one attached hydrogen (secondary N) is 1. The largest absolute Gasteiger partial charge is 0.440 e. The van der Waals surface area contributed by atoms with Crippen molar-refractivity contribution in [2.24, 2.45) is 0 Å². The molecule has 0 fully saturated rings. The third kappa shape index (κ3) is 3.31. The van der Waals surface area contributed by atoms with E-state index in [-0.39, 0.29) is 6.04 Å². The smallest absolute Gasteiger partial charge is 0.260 e. The van der Waals surface area contributed by atoms with E-state index in [1.165, 1.54) is 11.8 Å². The SMILES string of the molecule is CCNC(C)c1ccc(Sc2ncco2)cn1. The number of nitrogens with zero attached hydrogens (tertiary/aromatic N) is 2. The fourth-order valence-corrected chi connectivity index (χ4v) is 2.14. The summed E-state index contributed by atoms with van der Waals surface area (Å²) in [6, 6.07) is 4.34. The molecule has 0 aliphatic carbocycles. The van der Waals surface area contributed by atoms with Crippen LogP contribution in [0.4, 0.5) is 0 Å². The molecule has 2 heterocycles. The molecule has 0 saturated carbocycles. The van der Waals surface area contributed by atoms with Crippen molar-refractivity contribution in [3.05, 3.63) is 36.5 Å². The lowest BCUT2D eigenvalue weighted by Crippen LogP contribution is -2.18. The molecule has 17 heavy (non-hydrogen) atoms. The summed E-state index contributed by atoms with van der Waals surface area (Å²) in [5.41, 5.74) is 1.05. The van der Waals surface area contributed by atoms with Gasteiger partial charge in [0.15, 0.2) is 0 Å². The minimum Gasteiger partial charge on any atom is -0.440 e. The highest BCUT2D eigenvalue weighted by Gasteiger charge is 2.06. The molecule has 0 bridgehead atoms. The molecule has 0 amide bonds. The Morgan fingerprint density at radius 2 is 2.29 bits per heavy atom. The van der Waals surface area contributed by atoms with Gasteiger partial charge in [-0.05, 0) is 37.4 Å². The zero-order valence-electron chi connectivity index (χ0n) is 9.88. The van der Waals surface area contributed by atoms with Gasteiger partial charge >= 0.3 is 0 Å². The molecule has 2 aromatic heterocycles. The van der Waals surface area contributed by atoms with Gasteiger partial charge in [0.2, 0.25) is 0 Å². The third-order valence-corrected chi connectivity index (χ3v) is 3.18. The first-order valence-corrected chi connectivity index (χ1v) is 6.38. The fraction of sp³-hybridized carbons (Fsp3) is 0.333. The van der Waals surface area contributed by atoms with Crippen LogP contribution in [0.3, 0.4) is 0 Å². The summed E-state index contributed by atoms with van der Waals surface area (Å²) in [5.74, 6) is 0. The van der Waals surface area contributed by atoms with E-state index in [0.29, 0.717) is 5.22 Å². The number of pyridine rings is 1. The van der Waals surface area contributed by atoms with E-state index in [4.69, 9.17) is 4.42 Å². The summed E-state index contributed by atoms with van der Waals surface area (Å²) < 4.78 is 5.17. The second-order valence-corrected chi connectivity index (χ2v) is 4.62. The van der Waals surface area contributed by atoms with Crippen molar-refractivity contribution >= 4 is 11.8 Å². The van der Waals surface area contributed by atoms with Crippen LogP contribution in [-0.4, -0.2) is 16.5 Å². The quantitative estimate of drug-likeness (QED) is 0.883. The monoisotopic (exact) mass is 249 g/mol. The van der Waals surface area contributed by atoms with Crippen molar-refractivity contribution in [1.29, 1.82) is 0 Å². The summed E-state index contributed by atoms with van der Waals surface area (Å²) in [5, 5.41) is 3.96. The van der Waals surface area contributed by atoms with Crippen LogP contribution in [0.25, 0.3) is 0 Å². The highest BCUT2D eigenvalue weighted by atomic mass is 32.2. The molecule has 4 nitrogen and oxygen atoms in total. The first-order chi connectivity index (χ1) is 8.29. The lowest BCUT2D eigenvalue weighted by molar-refractivity contribution is 0.454. The Balaban J connectivity index is 2.02. The molecule has 1 atom stereocenters. The van der Waals surface area contributed by atoms with Gasteiger partial charge in [-0.25, -0.2) is 4.98 Å². The number of rotatable bonds is 5. The topological polar surface area (TPSA) is 51.0 Å². The molecule has 90 valence electrons. The van der Waals surface area contributed by atoms with Crippen LogP contribution >= 0.6 is 11.8 Å². The van der Waals surface area contributed by atoms with Gasteiger partial charge in [0.1, 0.15) is 6.26 Å². The Morgan fingerprint density at radius 1 is 1.41 bits per heavy atom. The van der Waals surface area contributed by atoms with Crippen LogP contribution in [0.15, 0.2) is 45.3 Å². The summed E-state index contributed by atoms with van der Waals surface area (Å²) in [4.78, 5) is 9.51. The molecule has 0 aliphatic rings. The number of aromatic nitrogens is 2. The van der Waals surface area contributed by atoms with Gasteiger partial charge in [-0.3, -0.25) is 4.98 Å². The molecule has 1 N–H and O–H groups in total. The van der Waals surface area contributed by atoms with Crippen LogP contribution < -0.4 is 5.32 Å². The minimum absolute atomic E-state index is 0.279. The van der Waals surface area contributed by atoms with Crippen molar-refractivity contribution in [2.45, 2.75) is 30.0 Å². The first kappa shape index (κ1) is 12.1. The molecule has 1 unspecified atom stereocenters. The molecule has 0 spiro atoms. The zero-order valence-corrected chi connectivity index (χ0v) is 10.7. The maximum absolute atomic E-state index is 5.17. The van der Waals surface area contributed by atoms with E-state index in [9.17, 15) is 0 Å². The normalized spacial score (nSPS) is 12.6. The number of oxazole rings is 1. The average Bonchev–Trinajstić information content (AvgIpc) is 2.83. The second-order valence-electron chi connectivity index (χ2n) is 3.60. The van der Waals surface area contributed by atoms with Crippen LogP contribution in [-0.2, 0) is 0 Å². The Hall–Kier alpha value is -1.33. The first-order valence-electron chi connectivity index (χ1n) is 5.56. The van der Waals surface area contributed by atoms with E-state index in [1.54, 1.807) is 12.5 Å². The molecule has 5 heteroatoms. The van der Waals surface area contributed by atoms with E-state index in [0.717, 1.165) is 17.1 Å². The minimum atomic E-state index is 0.279. The number of hydrogen-bond donors (Lipinski definition) is 1. The van der Waals surface area contributed by atoms with Crippen molar-refractivity contribution in [1.82, 2.24) is 15.3 Å². The predicted molar refractivity (Wildman–Crippen MR) is 67.0 cm³/mol. The maximum Gasteiger partial charge on any atom is 0.260 e. The average molecular weight is 249 g/mol. The number of hydrogen-bond acceptors (Lipinski definition) is 5. The van der Waals surface area contributed by atoms with Crippen LogP contribution in [0.1, 0.15) is 25.6 Å². The highest BCUT2D eigenvalue weighted by Crippen LogP contribution is 2.25. The Labute approximate surface area is 105 Å². The standard InChI is InChI=1S/C12H15N3OS/c1-3-13-9(2)11-5-4-10(8-15-11)17-12-14-6-7-16-12/h4-9,13H,3H2,1-2H3. The second kappa shape index (κ2) is 5.84.